The van der Waals surface area contributed by atoms with Crippen LogP contribution in [0.2, 0.25) is 30.1 Å². The third-order valence-corrected chi connectivity index (χ3v) is 18.1. The zero-order valence-corrected chi connectivity index (χ0v) is 40.6. The normalized spacial score (nSPS) is 15.3. The van der Waals surface area contributed by atoms with Gasteiger partial charge >= 0.3 is 0 Å². The van der Waals surface area contributed by atoms with E-state index in [1.807, 2.05) is 35.0 Å². The number of hydrogen-bond acceptors (Lipinski definition) is 12. The van der Waals surface area contributed by atoms with Gasteiger partial charge in [-0.05, 0) is 54.6 Å². The SMILES string of the molecule is COc1ccc(-c2csc(N3CCN(S(=O)(=O)c4cccc(Cl)c4Cl)CC3)n2)c(OC)c1.O=S(=O)(c1cccc(Cl)c1Cl)N1CCN(c2nc(-c3ccc(Cl)cc3Cl)cs2)CC1. The fraction of sp³-hybridized carbons (Fsp3) is 0.250. The van der Waals surface area contributed by atoms with Crippen LogP contribution in [0.1, 0.15) is 0 Å². The van der Waals surface area contributed by atoms with Gasteiger partial charge in [-0.2, -0.15) is 8.61 Å². The molecule has 0 amide bonds. The van der Waals surface area contributed by atoms with E-state index in [0.717, 1.165) is 32.8 Å². The van der Waals surface area contributed by atoms with Crippen LogP contribution in [-0.4, -0.2) is 102 Å². The fourth-order valence-electron chi connectivity index (χ4n) is 6.66. The molecular formula is C40H36Cl6N6O6S4. The predicted octanol–water partition coefficient (Wildman–Crippen LogP) is 10.6. The number of ether oxygens (including phenoxy) is 2. The molecule has 328 valence electrons. The minimum atomic E-state index is -3.73. The molecule has 0 aliphatic carbocycles. The number of piperazine rings is 2. The smallest absolute Gasteiger partial charge is 0.244 e. The maximum atomic E-state index is 13.0. The Balaban J connectivity index is 0.000000187. The molecule has 62 heavy (non-hydrogen) atoms. The highest BCUT2D eigenvalue weighted by molar-refractivity contribution is 7.89. The van der Waals surface area contributed by atoms with Crippen LogP contribution in [0, 0.1) is 0 Å². The van der Waals surface area contributed by atoms with Gasteiger partial charge in [0.05, 0.1) is 50.7 Å². The van der Waals surface area contributed by atoms with E-state index in [2.05, 4.69) is 14.8 Å². The molecule has 4 aromatic carbocycles. The lowest BCUT2D eigenvalue weighted by atomic mass is 10.1. The molecule has 2 aliphatic heterocycles. The zero-order valence-electron chi connectivity index (χ0n) is 32.8. The largest absolute Gasteiger partial charge is 0.497 e. The lowest BCUT2D eigenvalue weighted by molar-refractivity contribution is 0.384. The number of aromatic nitrogens is 2. The molecule has 2 saturated heterocycles. The molecule has 0 N–H and O–H groups in total. The fourth-order valence-corrected chi connectivity index (χ4v) is 13.2. The molecule has 2 aromatic heterocycles. The standard InChI is InChI=1S/C21H21Cl2N3O4S2.C19H15Cl4N3O2S2/c1-29-14-6-7-15(18(12-14)30-2)17-13-31-21(24-17)25-8-10-26(11-9-25)32(27,28)19-5-3-4-16(22)20(19)23;20-12-4-5-13(15(22)10-12)16-11-29-19(24-16)25-6-8-26(9-7-25)30(27,28)17-3-1-2-14(21)18(17)23/h3-7,12-13H,8-11H2,1-2H3;1-5,10-11H,6-9H2. The third kappa shape index (κ3) is 10.1. The monoisotopic (exact) mass is 1030 g/mol. The first kappa shape index (κ1) is 46.9. The van der Waals surface area contributed by atoms with Crippen LogP contribution in [0.15, 0.2) is 93.3 Å². The summed E-state index contributed by atoms with van der Waals surface area (Å²) >= 11 is 39.5. The van der Waals surface area contributed by atoms with Gasteiger partial charge in [-0.3, -0.25) is 0 Å². The van der Waals surface area contributed by atoms with E-state index in [-0.39, 0.29) is 29.9 Å². The van der Waals surface area contributed by atoms with Crippen molar-refractivity contribution in [3.63, 3.8) is 0 Å². The molecule has 0 saturated carbocycles. The highest BCUT2D eigenvalue weighted by Gasteiger charge is 2.33. The highest BCUT2D eigenvalue weighted by Crippen LogP contribution is 2.38. The summed E-state index contributed by atoms with van der Waals surface area (Å²) in [5.74, 6) is 1.38. The van der Waals surface area contributed by atoms with E-state index >= 15 is 0 Å². The number of hydrogen-bond donors (Lipinski definition) is 0. The van der Waals surface area contributed by atoms with E-state index in [4.69, 9.17) is 84.1 Å². The number of nitrogens with zero attached hydrogens (tertiary/aromatic N) is 6. The Morgan fingerprint density at radius 2 is 1.02 bits per heavy atom. The lowest BCUT2D eigenvalue weighted by Gasteiger charge is -2.34. The summed E-state index contributed by atoms with van der Waals surface area (Å²) in [4.78, 5) is 13.6. The van der Waals surface area contributed by atoms with Crippen LogP contribution in [0.4, 0.5) is 10.3 Å². The van der Waals surface area contributed by atoms with Gasteiger partial charge in [-0.15, -0.1) is 22.7 Å². The Kier molecular flexibility index (Phi) is 15.1. The predicted molar refractivity (Wildman–Crippen MR) is 253 cm³/mol. The molecule has 0 bridgehead atoms. The van der Waals surface area contributed by atoms with Crippen LogP contribution in [-0.2, 0) is 20.0 Å². The summed E-state index contributed by atoms with van der Waals surface area (Å²) in [6.45, 7) is 3.35. The van der Waals surface area contributed by atoms with Crippen molar-refractivity contribution in [1.29, 1.82) is 0 Å². The molecule has 2 aliphatic rings. The number of anilines is 2. The van der Waals surface area contributed by atoms with Gasteiger partial charge in [-0.1, -0.05) is 81.7 Å². The van der Waals surface area contributed by atoms with Gasteiger partial charge in [0.2, 0.25) is 20.0 Å². The van der Waals surface area contributed by atoms with Gasteiger partial charge in [0.1, 0.15) is 21.3 Å². The Morgan fingerprint density at radius 1 is 0.548 bits per heavy atom. The number of benzene rings is 4. The van der Waals surface area contributed by atoms with Crippen LogP contribution < -0.4 is 19.3 Å². The van der Waals surface area contributed by atoms with Crippen molar-refractivity contribution in [2.75, 3.05) is 76.4 Å². The summed E-state index contributed by atoms with van der Waals surface area (Å²) < 4.78 is 65.6. The molecule has 0 spiro atoms. The van der Waals surface area contributed by atoms with Crippen LogP contribution in [0.3, 0.4) is 0 Å². The molecule has 0 atom stereocenters. The summed E-state index contributed by atoms with van der Waals surface area (Å²) in [6.07, 6.45) is 0. The summed E-state index contributed by atoms with van der Waals surface area (Å²) in [7, 11) is -4.24. The Bertz CT molecular complexity index is 2800. The second kappa shape index (κ2) is 20.0. The zero-order chi connectivity index (χ0) is 44.3. The molecular weight excluding hydrogens is 1000 g/mol. The van der Waals surface area contributed by atoms with E-state index < -0.39 is 20.0 Å². The van der Waals surface area contributed by atoms with Gasteiger partial charge in [0, 0.05) is 85.3 Å². The molecule has 6 aromatic rings. The second-order valence-electron chi connectivity index (χ2n) is 13.6. The van der Waals surface area contributed by atoms with Crippen molar-refractivity contribution in [3.8, 4) is 34.0 Å². The van der Waals surface area contributed by atoms with E-state index in [0.29, 0.717) is 73.9 Å². The lowest BCUT2D eigenvalue weighted by Crippen LogP contribution is -2.48. The van der Waals surface area contributed by atoms with Crippen LogP contribution >= 0.6 is 92.3 Å². The first-order valence-electron chi connectivity index (χ1n) is 18.6. The van der Waals surface area contributed by atoms with Crippen molar-refractivity contribution in [2.45, 2.75) is 9.79 Å². The van der Waals surface area contributed by atoms with Crippen molar-refractivity contribution in [3.05, 3.63) is 114 Å². The minimum Gasteiger partial charge on any atom is -0.497 e. The first-order valence-corrected chi connectivity index (χ1v) is 25.5. The van der Waals surface area contributed by atoms with Gasteiger partial charge < -0.3 is 19.3 Å². The van der Waals surface area contributed by atoms with Crippen molar-refractivity contribution in [2.24, 2.45) is 0 Å². The van der Waals surface area contributed by atoms with Crippen molar-refractivity contribution < 1.29 is 26.3 Å². The number of halogens is 6. The van der Waals surface area contributed by atoms with E-state index in [9.17, 15) is 16.8 Å². The molecule has 2 fully saturated rings. The molecule has 4 heterocycles. The molecule has 0 unspecified atom stereocenters. The van der Waals surface area contributed by atoms with Gasteiger partial charge in [0.15, 0.2) is 10.3 Å². The highest BCUT2D eigenvalue weighted by atomic mass is 35.5. The quantitative estimate of drug-likeness (QED) is 0.131. The minimum absolute atomic E-state index is 0.0269. The summed E-state index contributed by atoms with van der Waals surface area (Å²) in [5.41, 5.74) is 3.23. The maximum Gasteiger partial charge on any atom is 0.244 e. The van der Waals surface area contributed by atoms with Crippen LogP contribution in [0.5, 0.6) is 11.5 Å². The number of methoxy groups -OCH3 is 2. The van der Waals surface area contributed by atoms with Gasteiger partial charge in [-0.25, -0.2) is 26.8 Å². The van der Waals surface area contributed by atoms with E-state index in [1.165, 1.54) is 43.4 Å². The van der Waals surface area contributed by atoms with Crippen molar-refractivity contribution in [1.82, 2.24) is 18.6 Å². The molecule has 8 rings (SSSR count). The van der Waals surface area contributed by atoms with Crippen molar-refractivity contribution >= 4 is 123 Å². The first-order chi connectivity index (χ1) is 29.6. The second-order valence-corrected chi connectivity index (χ2v) is 21.5. The average molecular weight is 1040 g/mol. The third-order valence-electron chi connectivity index (χ3n) is 9.96. The van der Waals surface area contributed by atoms with E-state index in [1.54, 1.807) is 50.6 Å². The average Bonchev–Trinajstić information content (AvgIpc) is 3.97. The summed E-state index contributed by atoms with van der Waals surface area (Å²) in [5, 5.41) is 7.17. The number of thiazole rings is 2. The molecule has 22 heteroatoms. The van der Waals surface area contributed by atoms with Gasteiger partial charge in [0.25, 0.3) is 0 Å². The Hall–Kier alpha value is -3.10. The Labute approximate surface area is 398 Å². The van der Waals surface area contributed by atoms with Crippen LogP contribution in [0.25, 0.3) is 22.5 Å². The maximum absolute atomic E-state index is 13.0. The summed E-state index contributed by atoms with van der Waals surface area (Å²) in [6, 6.07) is 20.1. The topological polar surface area (TPSA) is 125 Å². The number of rotatable bonds is 10. The number of sulfonamides is 2. The molecule has 0 radical (unpaired) electrons. The Morgan fingerprint density at radius 3 is 1.47 bits per heavy atom. The molecule has 12 nitrogen and oxygen atoms in total.